The average molecular weight is 989 g/mol. The molecule has 0 bridgehead atoms. The zero-order valence-electron chi connectivity index (χ0n) is 47.5. The summed E-state index contributed by atoms with van der Waals surface area (Å²) in [5.41, 5.74) is 0. The summed E-state index contributed by atoms with van der Waals surface area (Å²) in [5, 5.41) is 23.4. The zero-order chi connectivity index (χ0) is 50.7. The molecule has 0 fully saturated rings. The van der Waals surface area contributed by atoms with Crippen LogP contribution in [0.2, 0.25) is 0 Å². The van der Waals surface area contributed by atoms with E-state index in [0.29, 0.717) is 25.9 Å². The van der Waals surface area contributed by atoms with Crippen molar-refractivity contribution in [3.05, 3.63) is 12.2 Å². The molecule has 0 aliphatic rings. The maximum absolute atomic E-state index is 12.5. The van der Waals surface area contributed by atoms with Gasteiger partial charge in [0.2, 0.25) is 5.91 Å². The summed E-state index contributed by atoms with van der Waals surface area (Å²) in [6.45, 7) is 4.93. The number of hydrogen-bond acceptors (Lipinski definition) is 5. The van der Waals surface area contributed by atoms with Gasteiger partial charge in [0, 0.05) is 12.8 Å². The van der Waals surface area contributed by atoms with E-state index in [9.17, 15) is 19.8 Å². The van der Waals surface area contributed by atoms with Gasteiger partial charge in [0.1, 0.15) is 0 Å². The summed E-state index contributed by atoms with van der Waals surface area (Å²) >= 11 is 0. The summed E-state index contributed by atoms with van der Waals surface area (Å²) in [6.07, 6.45) is 72.2. The van der Waals surface area contributed by atoms with Crippen LogP contribution in [0.25, 0.3) is 0 Å². The number of aliphatic hydroxyl groups is 2. The van der Waals surface area contributed by atoms with Crippen molar-refractivity contribution in [3.8, 4) is 0 Å². The van der Waals surface area contributed by atoms with Crippen LogP contribution < -0.4 is 5.32 Å². The van der Waals surface area contributed by atoms with E-state index in [4.69, 9.17) is 4.74 Å². The first-order valence-electron chi connectivity index (χ1n) is 31.9. The fraction of sp³-hybridized carbons (Fsp3) is 0.938. The maximum Gasteiger partial charge on any atom is 0.305 e. The molecule has 6 heteroatoms. The van der Waals surface area contributed by atoms with Crippen LogP contribution in [0.15, 0.2) is 12.2 Å². The standard InChI is InChI=1S/C64H125NO5/c1-3-5-7-9-11-13-15-17-19-21-23-24-25-26-27-28-29-30-32-34-36-40-44-48-52-56-62(67)61(60-66)65-63(68)57-53-49-45-41-38-39-43-47-51-55-59-70-64(69)58-54-50-46-42-37-35-33-31-22-20-18-16-14-12-10-8-6-4-2/h20,22,61-62,66-67H,3-19,21,23-60H2,1-2H3,(H,65,68)/b22-20-. The third-order valence-electron chi connectivity index (χ3n) is 15.1. The van der Waals surface area contributed by atoms with Crippen molar-refractivity contribution in [2.24, 2.45) is 0 Å². The first-order chi connectivity index (χ1) is 34.5. The summed E-state index contributed by atoms with van der Waals surface area (Å²) in [4.78, 5) is 24.6. The number of rotatable bonds is 60. The van der Waals surface area contributed by atoms with Crippen LogP contribution in [0.1, 0.15) is 361 Å². The second-order valence-electron chi connectivity index (χ2n) is 22.1. The molecule has 0 rings (SSSR count). The molecule has 0 saturated carbocycles. The van der Waals surface area contributed by atoms with Crippen LogP contribution in [-0.2, 0) is 14.3 Å². The van der Waals surface area contributed by atoms with E-state index in [-0.39, 0.29) is 18.5 Å². The number of nitrogens with one attached hydrogen (secondary N) is 1. The fourth-order valence-corrected chi connectivity index (χ4v) is 10.2. The van der Waals surface area contributed by atoms with Gasteiger partial charge in [0.25, 0.3) is 0 Å². The van der Waals surface area contributed by atoms with Crippen LogP contribution in [0.3, 0.4) is 0 Å². The molecule has 1 amide bonds. The molecule has 0 aliphatic heterocycles. The third kappa shape index (κ3) is 55.9. The van der Waals surface area contributed by atoms with Crippen LogP contribution in [0.5, 0.6) is 0 Å². The van der Waals surface area contributed by atoms with Crippen molar-refractivity contribution in [1.29, 1.82) is 0 Å². The van der Waals surface area contributed by atoms with Gasteiger partial charge in [-0.15, -0.1) is 0 Å². The Hall–Kier alpha value is -1.40. The molecule has 0 saturated heterocycles. The molecule has 0 spiro atoms. The molecule has 0 aromatic rings. The lowest BCUT2D eigenvalue weighted by atomic mass is 10.0. The molecule has 416 valence electrons. The molecule has 0 aromatic carbocycles. The van der Waals surface area contributed by atoms with E-state index in [2.05, 4.69) is 31.3 Å². The molecule has 6 nitrogen and oxygen atoms in total. The summed E-state index contributed by atoms with van der Waals surface area (Å²) < 4.78 is 5.48. The smallest absolute Gasteiger partial charge is 0.305 e. The quantitative estimate of drug-likeness (QED) is 0.0321. The SMILES string of the molecule is CCCCCCCCC/C=C\CCCCCCCCCC(=O)OCCCCCCCCCCCCC(=O)NC(CO)C(O)CCCCCCCCCCCCCCCCCCCCCCCCCCC. The number of amides is 1. The Bertz CT molecular complexity index is 1050. The van der Waals surface area contributed by atoms with Gasteiger partial charge in [0.15, 0.2) is 0 Å². The van der Waals surface area contributed by atoms with Crippen LogP contribution in [0.4, 0.5) is 0 Å². The Morgan fingerprint density at radius 3 is 1.01 bits per heavy atom. The highest BCUT2D eigenvalue weighted by molar-refractivity contribution is 5.76. The van der Waals surface area contributed by atoms with E-state index in [0.717, 1.165) is 57.8 Å². The second kappa shape index (κ2) is 60.2. The molecule has 70 heavy (non-hydrogen) atoms. The normalized spacial score (nSPS) is 12.6. The molecular weight excluding hydrogens is 863 g/mol. The van der Waals surface area contributed by atoms with Crippen LogP contribution in [-0.4, -0.2) is 47.4 Å². The predicted molar refractivity (Wildman–Crippen MR) is 306 cm³/mol. The highest BCUT2D eigenvalue weighted by Crippen LogP contribution is 2.18. The predicted octanol–water partition coefficient (Wildman–Crippen LogP) is 20.0. The monoisotopic (exact) mass is 988 g/mol. The Labute approximate surface area is 438 Å². The van der Waals surface area contributed by atoms with Gasteiger partial charge in [-0.05, 0) is 51.4 Å². The summed E-state index contributed by atoms with van der Waals surface area (Å²) in [5.74, 6) is -0.0732. The van der Waals surface area contributed by atoms with Gasteiger partial charge in [-0.1, -0.05) is 309 Å². The molecule has 3 N–H and O–H groups in total. The lowest BCUT2D eigenvalue weighted by molar-refractivity contribution is -0.143. The number of carbonyl (C=O) groups is 2. The number of hydrogen-bond donors (Lipinski definition) is 3. The second-order valence-corrected chi connectivity index (χ2v) is 22.1. The van der Waals surface area contributed by atoms with Gasteiger partial charge < -0.3 is 20.3 Å². The van der Waals surface area contributed by atoms with Crippen molar-refractivity contribution >= 4 is 11.9 Å². The van der Waals surface area contributed by atoms with Crippen molar-refractivity contribution < 1.29 is 24.5 Å². The third-order valence-corrected chi connectivity index (χ3v) is 15.1. The Morgan fingerprint density at radius 1 is 0.386 bits per heavy atom. The van der Waals surface area contributed by atoms with E-state index in [1.165, 1.54) is 270 Å². The van der Waals surface area contributed by atoms with Crippen LogP contribution in [0, 0.1) is 0 Å². The minimum atomic E-state index is -0.680. The van der Waals surface area contributed by atoms with Gasteiger partial charge >= 0.3 is 5.97 Å². The van der Waals surface area contributed by atoms with E-state index in [1.807, 2.05) is 0 Å². The van der Waals surface area contributed by atoms with E-state index < -0.39 is 12.1 Å². The highest BCUT2D eigenvalue weighted by atomic mass is 16.5. The average Bonchev–Trinajstić information content (AvgIpc) is 3.36. The number of aliphatic hydroxyl groups excluding tert-OH is 2. The topological polar surface area (TPSA) is 95.9 Å². The molecule has 0 aliphatic carbocycles. The number of ether oxygens (including phenoxy) is 1. The lowest BCUT2D eigenvalue weighted by Gasteiger charge is -2.22. The number of carbonyl (C=O) groups excluding carboxylic acids is 2. The molecule has 2 atom stereocenters. The lowest BCUT2D eigenvalue weighted by Crippen LogP contribution is -2.45. The van der Waals surface area contributed by atoms with Crippen LogP contribution >= 0.6 is 0 Å². The first kappa shape index (κ1) is 68.6. The summed E-state index contributed by atoms with van der Waals surface area (Å²) in [7, 11) is 0. The minimum Gasteiger partial charge on any atom is -0.466 e. The maximum atomic E-state index is 12.5. The Kier molecular flexibility index (Phi) is 59.0. The fourth-order valence-electron chi connectivity index (χ4n) is 10.2. The largest absolute Gasteiger partial charge is 0.466 e. The molecule has 2 unspecified atom stereocenters. The van der Waals surface area contributed by atoms with Crippen molar-refractivity contribution in [2.45, 2.75) is 373 Å². The first-order valence-corrected chi connectivity index (χ1v) is 31.9. The number of esters is 1. The molecular formula is C64H125NO5. The number of unbranched alkanes of at least 4 members (excludes halogenated alkanes) is 47. The molecule has 0 radical (unpaired) electrons. The summed E-state index contributed by atoms with van der Waals surface area (Å²) in [6, 6.07) is -0.559. The number of allylic oxidation sites excluding steroid dienone is 2. The Balaban J connectivity index is 3.44. The van der Waals surface area contributed by atoms with Crippen molar-refractivity contribution in [2.75, 3.05) is 13.2 Å². The molecule has 0 heterocycles. The van der Waals surface area contributed by atoms with Crippen molar-refractivity contribution in [3.63, 3.8) is 0 Å². The molecule has 0 aromatic heterocycles. The van der Waals surface area contributed by atoms with Crippen molar-refractivity contribution in [1.82, 2.24) is 5.32 Å². The van der Waals surface area contributed by atoms with E-state index >= 15 is 0 Å². The highest BCUT2D eigenvalue weighted by Gasteiger charge is 2.20. The van der Waals surface area contributed by atoms with Gasteiger partial charge in [-0.3, -0.25) is 9.59 Å². The van der Waals surface area contributed by atoms with Gasteiger partial charge in [-0.2, -0.15) is 0 Å². The van der Waals surface area contributed by atoms with Gasteiger partial charge in [0.05, 0.1) is 25.4 Å². The minimum absolute atomic E-state index is 0.0200. The zero-order valence-corrected chi connectivity index (χ0v) is 47.5. The Morgan fingerprint density at radius 2 is 0.671 bits per heavy atom. The van der Waals surface area contributed by atoms with E-state index in [1.54, 1.807) is 0 Å². The van der Waals surface area contributed by atoms with Gasteiger partial charge in [-0.25, -0.2) is 0 Å².